The third-order valence-corrected chi connectivity index (χ3v) is 3.68. The van der Waals surface area contributed by atoms with Gasteiger partial charge < -0.3 is 10.6 Å². The number of nitrogens with one attached hydrogen (secondary N) is 2. The first kappa shape index (κ1) is 18.4. The molecule has 1 amide bonds. The lowest BCUT2D eigenvalue weighted by Crippen LogP contribution is -2.16. The second-order valence-corrected chi connectivity index (χ2v) is 5.65. The van der Waals surface area contributed by atoms with Crippen molar-refractivity contribution in [2.24, 2.45) is 0 Å². The molecule has 0 radical (unpaired) electrons. The SMILES string of the molecule is O=C(Nc1ccc(F)cc1F)c1ccnc(NCCc2ccc(F)cc2)n1. The number of amides is 1. The maximum Gasteiger partial charge on any atom is 0.274 e. The molecule has 1 aromatic heterocycles. The third kappa shape index (κ3) is 5.04. The van der Waals surface area contributed by atoms with Crippen LogP contribution in [-0.2, 0) is 6.42 Å². The van der Waals surface area contributed by atoms with Gasteiger partial charge in [-0.2, -0.15) is 0 Å². The lowest BCUT2D eigenvalue weighted by molar-refractivity contribution is 0.102. The van der Waals surface area contributed by atoms with E-state index < -0.39 is 17.5 Å². The molecule has 0 atom stereocenters. The van der Waals surface area contributed by atoms with E-state index >= 15 is 0 Å². The Morgan fingerprint density at radius 3 is 2.44 bits per heavy atom. The largest absolute Gasteiger partial charge is 0.354 e. The molecular formula is C19H15F3N4O. The van der Waals surface area contributed by atoms with Crippen molar-refractivity contribution in [1.29, 1.82) is 0 Å². The van der Waals surface area contributed by atoms with Crippen molar-refractivity contribution in [2.75, 3.05) is 17.2 Å². The molecule has 2 aromatic carbocycles. The molecule has 1 heterocycles. The van der Waals surface area contributed by atoms with E-state index in [0.29, 0.717) is 19.0 Å². The minimum atomic E-state index is -0.880. The van der Waals surface area contributed by atoms with Crippen molar-refractivity contribution < 1.29 is 18.0 Å². The highest BCUT2D eigenvalue weighted by atomic mass is 19.1. The van der Waals surface area contributed by atoms with Crippen LogP contribution in [0, 0.1) is 17.5 Å². The first-order valence-corrected chi connectivity index (χ1v) is 8.09. The van der Waals surface area contributed by atoms with Gasteiger partial charge in [-0.25, -0.2) is 23.1 Å². The highest BCUT2D eigenvalue weighted by Gasteiger charge is 2.12. The van der Waals surface area contributed by atoms with Gasteiger partial charge in [0.05, 0.1) is 5.69 Å². The minimum Gasteiger partial charge on any atom is -0.354 e. The zero-order valence-corrected chi connectivity index (χ0v) is 14.0. The molecule has 0 bridgehead atoms. The van der Waals surface area contributed by atoms with E-state index in [1.165, 1.54) is 24.4 Å². The summed E-state index contributed by atoms with van der Waals surface area (Å²) in [6.45, 7) is 0.475. The van der Waals surface area contributed by atoms with Crippen LogP contribution in [0.5, 0.6) is 0 Å². The summed E-state index contributed by atoms with van der Waals surface area (Å²) in [7, 11) is 0. The van der Waals surface area contributed by atoms with Gasteiger partial charge in [0.25, 0.3) is 5.91 Å². The molecule has 0 fully saturated rings. The summed E-state index contributed by atoms with van der Waals surface area (Å²) in [5.74, 6) is -2.34. The predicted molar refractivity (Wildman–Crippen MR) is 94.9 cm³/mol. The van der Waals surface area contributed by atoms with Crippen molar-refractivity contribution in [2.45, 2.75) is 6.42 Å². The molecule has 2 N–H and O–H groups in total. The van der Waals surface area contributed by atoms with Crippen molar-refractivity contribution in [3.63, 3.8) is 0 Å². The number of nitrogens with zero attached hydrogens (tertiary/aromatic N) is 2. The van der Waals surface area contributed by atoms with E-state index in [1.807, 2.05) is 0 Å². The topological polar surface area (TPSA) is 66.9 Å². The Kier molecular flexibility index (Phi) is 5.65. The first-order valence-electron chi connectivity index (χ1n) is 8.09. The van der Waals surface area contributed by atoms with Gasteiger partial charge in [-0.1, -0.05) is 12.1 Å². The Balaban J connectivity index is 1.60. The minimum absolute atomic E-state index is 0.0259. The number of carbonyl (C=O) groups excluding carboxylic acids is 1. The van der Waals surface area contributed by atoms with E-state index in [4.69, 9.17) is 0 Å². The lowest BCUT2D eigenvalue weighted by atomic mass is 10.1. The number of rotatable bonds is 6. The van der Waals surface area contributed by atoms with Crippen LogP contribution < -0.4 is 10.6 Å². The molecule has 3 aromatic rings. The zero-order valence-electron chi connectivity index (χ0n) is 14.0. The van der Waals surface area contributed by atoms with Gasteiger partial charge in [-0.3, -0.25) is 4.79 Å². The zero-order chi connectivity index (χ0) is 19.2. The Labute approximate surface area is 153 Å². The standard InChI is InChI=1S/C19H15F3N4O/c20-13-3-1-12(2-4-13)7-9-23-19-24-10-8-17(26-19)18(27)25-16-6-5-14(21)11-15(16)22/h1-6,8,10-11H,7,9H2,(H,25,27)(H,23,24,26). The molecule has 138 valence electrons. The van der Waals surface area contributed by atoms with Gasteiger partial charge in [0.1, 0.15) is 23.1 Å². The summed E-state index contributed by atoms with van der Waals surface area (Å²) in [5.41, 5.74) is 0.813. The summed E-state index contributed by atoms with van der Waals surface area (Å²) in [6.07, 6.45) is 2.00. The molecule has 0 saturated carbocycles. The van der Waals surface area contributed by atoms with Gasteiger partial charge in [0, 0.05) is 18.8 Å². The van der Waals surface area contributed by atoms with Crippen LogP contribution in [0.2, 0.25) is 0 Å². The Bertz CT molecular complexity index is 948. The number of carbonyl (C=O) groups is 1. The molecule has 0 unspecified atom stereocenters. The number of anilines is 2. The number of aromatic nitrogens is 2. The van der Waals surface area contributed by atoms with E-state index in [-0.39, 0.29) is 23.1 Å². The van der Waals surface area contributed by atoms with E-state index in [9.17, 15) is 18.0 Å². The van der Waals surface area contributed by atoms with Crippen LogP contribution in [0.25, 0.3) is 0 Å². The van der Waals surface area contributed by atoms with Crippen LogP contribution in [0.3, 0.4) is 0 Å². The van der Waals surface area contributed by atoms with Gasteiger partial charge in [0.15, 0.2) is 0 Å². The number of hydrogen-bond acceptors (Lipinski definition) is 4. The maximum atomic E-state index is 13.6. The molecule has 0 spiro atoms. The molecule has 27 heavy (non-hydrogen) atoms. The highest BCUT2D eigenvalue weighted by Crippen LogP contribution is 2.16. The lowest BCUT2D eigenvalue weighted by Gasteiger charge is -2.08. The van der Waals surface area contributed by atoms with E-state index in [1.54, 1.807) is 12.1 Å². The fraction of sp³-hybridized carbons (Fsp3) is 0.105. The third-order valence-electron chi connectivity index (χ3n) is 3.68. The fourth-order valence-electron chi connectivity index (χ4n) is 2.32. The summed E-state index contributed by atoms with van der Waals surface area (Å²) < 4.78 is 39.4. The summed E-state index contributed by atoms with van der Waals surface area (Å²) in [5, 5.41) is 5.30. The van der Waals surface area contributed by atoms with Gasteiger partial charge in [-0.05, 0) is 42.3 Å². The van der Waals surface area contributed by atoms with Gasteiger partial charge in [0.2, 0.25) is 5.95 Å². The Hall–Kier alpha value is -3.42. The molecule has 0 aliphatic heterocycles. The van der Waals surface area contributed by atoms with E-state index in [0.717, 1.165) is 17.7 Å². The molecule has 0 aliphatic rings. The molecular weight excluding hydrogens is 357 g/mol. The Morgan fingerprint density at radius 2 is 1.70 bits per heavy atom. The molecule has 5 nitrogen and oxygen atoms in total. The predicted octanol–water partition coefficient (Wildman–Crippen LogP) is 3.80. The maximum absolute atomic E-state index is 13.6. The summed E-state index contributed by atoms with van der Waals surface area (Å²) in [4.78, 5) is 20.3. The van der Waals surface area contributed by atoms with Crippen molar-refractivity contribution >= 4 is 17.5 Å². The van der Waals surface area contributed by atoms with Gasteiger partial charge >= 0.3 is 0 Å². The summed E-state index contributed by atoms with van der Waals surface area (Å²) in [6, 6.07) is 10.3. The number of halogens is 3. The average molecular weight is 372 g/mol. The van der Waals surface area contributed by atoms with E-state index in [2.05, 4.69) is 20.6 Å². The molecule has 0 saturated heterocycles. The quantitative estimate of drug-likeness (QED) is 0.691. The fourth-order valence-corrected chi connectivity index (χ4v) is 2.32. The second kappa shape index (κ2) is 8.31. The molecule has 3 rings (SSSR count). The Morgan fingerprint density at radius 1 is 0.963 bits per heavy atom. The average Bonchev–Trinajstić information content (AvgIpc) is 2.66. The number of benzene rings is 2. The van der Waals surface area contributed by atoms with Crippen LogP contribution in [0.1, 0.15) is 16.1 Å². The van der Waals surface area contributed by atoms with Crippen molar-refractivity contribution in [3.05, 3.63) is 83.4 Å². The first-order chi connectivity index (χ1) is 13.0. The van der Waals surface area contributed by atoms with Crippen LogP contribution in [-0.4, -0.2) is 22.4 Å². The summed E-state index contributed by atoms with van der Waals surface area (Å²) >= 11 is 0. The second-order valence-electron chi connectivity index (χ2n) is 5.65. The van der Waals surface area contributed by atoms with Gasteiger partial charge in [-0.15, -0.1) is 0 Å². The van der Waals surface area contributed by atoms with Crippen LogP contribution in [0.4, 0.5) is 24.8 Å². The normalized spacial score (nSPS) is 10.5. The van der Waals surface area contributed by atoms with Crippen LogP contribution in [0.15, 0.2) is 54.7 Å². The monoisotopic (exact) mass is 372 g/mol. The molecule has 8 heteroatoms. The van der Waals surface area contributed by atoms with Crippen molar-refractivity contribution in [3.8, 4) is 0 Å². The molecule has 0 aliphatic carbocycles. The van der Waals surface area contributed by atoms with Crippen LogP contribution >= 0.6 is 0 Å². The smallest absolute Gasteiger partial charge is 0.274 e. The van der Waals surface area contributed by atoms with Crippen molar-refractivity contribution in [1.82, 2.24) is 9.97 Å². The number of hydrogen-bond donors (Lipinski definition) is 2. The highest BCUT2D eigenvalue weighted by molar-refractivity contribution is 6.03.